The molecule has 1 heterocycles. The third-order valence-corrected chi connectivity index (χ3v) is 4.74. The lowest BCUT2D eigenvalue weighted by Gasteiger charge is -2.44. The highest BCUT2D eigenvalue weighted by Crippen LogP contribution is 2.39. The van der Waals surface area contributed by atoms with E-state index in [1.54, 1.807) is 6.07 Å². The molecule has 1 unspecified atom stereocenters. The Morgan fingerprint density at radius 2 is 2.05 bits per heavy atom. The molecule has 0 amide bonds. The third kappa shape index (κ3) is 2.98. The quantitative estimate of drug-likeness (QED) is 0.863. The first-order valence-electron chi connectivity index (χ1n) is 7.84. The Hall–Kier alpha value is -1.09. The summed E-state index contributed by atoms with van der Waals surface area (Å²) in [4.78, 5) is 0. The standard InChI is InChI=1S/C17H24FNO/c1-13-5-6-15(18)16(11-13)19-14-7-10-20-17(12-14)8-3-2-4-9-17/h5-6,11,14,19H,2-4,7-10,12H2,1H3. The van der Waals surface area contributed by atoms with E-state index in [9.17, 15) is 4.39 Å². The molecule has 2 fully saturated rings. The topological polar surface area (TPSA) is 21.3 Å². The predicted octanol–water partition coefficient (Wildman–Crippen LogP) is 4.43. The number of aryl methyl sites for hydroxylation is 1. The summed E-state index contributed by atoms with van der Waals surface area (Å²) in [6.07, 6.45) is 8.19. The summed E-state index contributed by atoms with van der Waals surface area (Å²) in [5.74, 6) is -0.153. The second-order valence-electron chi connectivity index (χ2n) is 6.41. The molecule has 110 valence electrons. The molecule has 0 aromatic heterocycles. The summed E-state index contributed by atoms with van der Waals surface area (Å²) in [7, 11) is 0. The van der Waals surface area contributed by atoms with Gasteiger partial charge in [-0.2, -0.15) is 0 Å². The highest BCUT2D eigenvalue weighted by atomic mass is 19.1. The molecule has 1 aliphatic carbocycles. The van der Waals surface area contributed by atoms with Gasteiger partial charge in [-0.1, -0.05) is 25.3 Å². The van der Waals surface area contributed by atoms with E-state index in [0.717, 1.165) is 25.0 Å². The fourth-order valence-corrected chi connectivity index (χ4v) is 3.67. The zero-order chi connectivity index (χ0) is 14.0. The SMILES string of the molecule is Cc1ccc(F)c(NC2CCOC3(CCCCC3)C2)c1. The van der Waals surface area contributed by atoms with Crippen molar-refractivity contribution in [3.63, 3.8) is 0 Å². The van der Waals surface area contributed by atoms with Gasteiger partial charge in [0.15, 0.2) is 0 Å². The number of nitrogens with one attached hydrogen (secondary N) is 1. The Kier molecular flexibility index (Phi) is 3.97. The van der Waals surface area contributed by atoms with Crippen molar-refractivity contribution >= 4 is 5.69 Å². The van der Waals surface area contributed by atoms with Crippen LogP contribution in [0.15, 0.2) is 18.2 Å². The van der Waals surface area contributed by atoms with Crippen LogP contribution in [0.3, 0.4) is 0 Å². The molecular weight excluding hydrogens is 253 g/mol. The molecule has 1 saturated carbocycles. The van der Waals surface area contributed by atoms with Crippen molar-refractivity contribution < 1.29 is 9.13 Å². The maximum atomic E-state index is 13.9. The molecule has 1 aromatic rings. The van der Waals surface area contributed by atoms with E-state index < -0.39 is 0 Å². The number of halogens is 1. The molecule has 2 aliphatic rings. The Labute approximate surface area is 120 Å². The molecule has 0 radical (unpaired) electrons. The van der Waals surface area contributed by atoms with Crippen molar-refractivity contribution in [2.24, 2.45) is 0 Å². The Morgan fingerprint density at radius 3 is 2.85 bits per heavy atom. The zero-order valence-electron chi connectivity index (χ0n) is 12.3. The fraction of sp³-hybridized carbons (Fsp3) is 0.647. The lowest BCUT2D eigenvalue weighted by molar-refractivity contribution is -0.103. The maximum Gasteiger partial charge on any atom is 0.146 e. The Balaban J connectivity index is 1.69. The molecule has 1 spiro atoms. The first-order valence-corrected chi connectivity index (χ1v) is 7.84. The van der Waals surface area contributed by atoms with Gasteiger partial charge in [-0.3, -0.25) is 0 Å². The number of hydrogen-bond acceptors (Lipinski definition) is 2. The van der Waals surface area contributed by atoms with E-state index in [0.29, 0.717) is 11.7 Å². The van der Waals surface area contributed by atoms with Crippen LogP contribution in [-0.4, -0.2) is 18.2 Å². The van der Waals surface area contributed by atoms with Gasteiger partial charge in [0.2, 0.25) is 0 Å². The van der Waals surface area contributed by atoms with Gasteiger partial charge in [-0.25, -0.2) is 4.39 Å². The van der Waals surface area contributed by atoms with Gasteiger partial charge in [0.1, 0.15) is 5.82 Å². The van der Waals surface area contributed by atoms with E-state index in [2.05, 4.69) is 5.32 Å². The minimum Gasteiger partial charge on any atom is -0.380 e. The summed E-state index contributed by atoms with van der Waals surface area (Å²) in [5, 5.41) is 3.41. The molecule has 20 heavy (non-hydrogen) atoms. The molecule has 3 heteroatoms. The van der Waals surface area contributed by atoms with Crippen molar-refractivity contribution in [3.05, 3.63) is 29.6 Å². The predicted molar refractivity (Wildman–Crippen MR) is 79.5 cm³/mol. The van der Waals surface area contributed by atoms with Gasteiger partial charge < -0.3 is 10.1 Å². The van der Waals surface area contributed by atoms with Crippen molar-refractivity contribution in [2.75, 3.05) is 11.9 Å². The van der Waals surface area contributed by atoms with Crippen LogP contribution in [0, 0.1) is 12.7 Å². The summed E-state index contributed by atoms with van der Waals surface area (Å²) in [6, 6.07) is 5.59. The Morgan fingerprint density at radius 1 is 1.25 bits per heavy atom. The number of anilines is 1. The van der Waals surface area contributed by atoms with Crippen LogP contribution in [0.2, 0.25) is 0 Å². The normalized spacial score (nSPS) is 25.6. The average molecular weight is 277 g/mol. The second-order valence-corrected chi connectivity index (χ2v) is 6.41. The Bertz CT molecular complexity index is 463. The first-order chi connectivity index (χ1) is 9.67. The van der Waals surface area contributed by atoms with Crippen LogP contribution >= 0.6 is 0 Å². The minimum absolute atomic E-state index is 0.0640. The maximum absolute atomic E-state index is 13.9. The van der Waals surface area contributed by atoms with E-state index >= 15 is 0 Å². The molecule has 2 nitrogen and oxygen atoms in total. The van der Waals surface area contributed by atoms with Crippen LogP contribution in [-0.2, 0) is 4.74 Å². The molecule has 1 saturated heterocycles. The van der Waals surface area contributed by atoms with Crippen molar-refractivity contribution in [3.8, 4) is 0 Å². The van der Waals surface area contributed by atoms with Crippen LogP contribution in [0.25, 0.3) is 0 Å². The molecule has 0 bridgehead atoms. The monoisotopic (exact) mass is 277 g/mol. The van der Waals surface area contributed by atoms with Crippen LogP contribution < -0.4 is 5.32 Å². The largest absolute Gasteiger partial charge is 0.380 e. The van der Waals surface area contributed by atoms with Gasteiger partial charge in [0.25, 0.3) is 0 Å². The summed E-state index contributed by atoms with van der Waals surface area (Å²) >= 11 is 0. The number of benzene rings is 1. The summed E-state index contributed by atoms with van der Waals surface area (Å²) in [5.41, 5.74) is 1.80. The lowest BCUT2D eigenvalue weighted by atomic mass is 9.78. The summed E-state index contributed by atoms with van der Waals surface area (Å²) < 4.78 is 20.0. The van der Waals surface area contributed by atoms with Gasteiger partial charge in [-0.15, -0.1) is 0 Å². The zero-order valence-corrected chi connectivity index (χ0v) is 12.3. The third-order valence-electron chi connectivity index (χ3n) is 4.74. The lowest BCUT2D eigenvalue weighted by Crippen LogP contribution is -2.45. The van der Waals surface area contributed by atoms with Crippen molar-refractivity contribution in [1.82, 2.24) is 0 Å². The molecule has 1 aliphatic heterocycles. The van der Waals surface area contributed by atoms with Crippen LogP contribution in [0.1, 0.15) is 50.5 Å². The smallest absolute Gasteiger partial charge is 0.146 e. The van der Waals surface area contributed by atoms with Crippen LogP contribution in [0.5, 0.6) is 0 Å². The fourth-order valence-electron chi connectivity index (χ4n) is 3.67. The number of ether oxygens (including phenoxy) is 1. The molecular formula is C17H24FNO. The van der Waals surface area contributed by atoms with Gasteiger partial charge in [-0.05, 0) is 50.3 Å². The molecule has 3 rings (SSSR count). The van der Waals surface area contributed by atoms with Crippen molar-refractivity contribution in [2.45, 2.75) is 63.5 Å². The van der Waals surface area contributed by atoms with E-state index in [-0.39, 0.29) is 11.4 Å². The van der Waals surface area contributed by atoms with E-state index in [1.807, 2.05) is 19.1 Å². The van der Waals surface area contributed by atoms with Gasteiger partial charge in [0, 0.05) is 12.6 Å². The highest BCUT2D eigenvalue weighted by Gasteiger charge is 2.38. The second kappa shape index (κ2) is 5.72. The van der Waals surface area contributed by atoms with Gasteiger partial charge in [0.05, 0.1) is 11.3 Å². The van der Waals surface area contributed by atoms with E-state index in [1.165, 1.54) is 32.1 Å². The summed E-state index contributed by atoms with van der Waals surface area (Å²) in [6.45, 7) is 2.79. The first kappa shape index (κ1) is 13.9. The number of hydrogen-bond donors (Lipinski definition) is 1. The van der Waals surface area contributed by atoms with Crippen molar-refractivity contribution in [1.29, 1.82) is 0 Å². The van der Waals surface area contributed by atoms with E-state index in [4.69, 9.17) is 4.74 Å². The van der Waals surface area contributed by atoms with Gasteiger partial charge >= 0.3 is 0 Å². The minimum atomic E-state index is -0.153. The molecule has 1 N–H and O–H groups in total. The molecule has 1 aromatic carbocycles. The highest BCUT2D eigenvalue weighted by molar-refractivity contribution is 5.48. The number of rotatable bonds is 2. The molecule has 1 atom stereocenters. The average Bonchev–Trinajstić information content (AvgIpc) is 2.44. The van der Waals surface area contributed by atoms with Crippen LogP contribution in [0.4, 0.5) is 10.1 Å².